The molecule has 0 aliphatic carbocycles. The number of hydrogen-bond acceptors (Lipinski definition) is 2. The van der Waals surface area contributed by atoms with Crippen molar-refractivity contribution >= 4 is 0 Å². The van der Waals surface area contributed by atoms with Crippen LogP contribution in [0.2, 0.25) is 0 Å². The highest BCUT2D eigenvalue weighted by Crippen LogP contribution is 2.22. The zero-order valence-electron chi connectivity index (χ0n) is 13.0. The standard InChI is InChI=1S/C17H31NO/c1-4-5-6-7-8-9-10-11-12-17(18-3)16-13-15(2)19-14-16/h13-14,17-18H,4-12H2,1-3H3. The Labute approximate surface area is 119 Å². The van der Waals surface area contributed by atoms with E-state index in [1.165, 1.54) is 63.4 Å². The molecule has 0 aliphatic rings. The Kier molecular flexibility index (Phi) is 8.64. The molecular weight excluding hydrogens is 234 g/mol. The number of aryl methyl sites for hydroxylation is 1. The van der Waals surface area contributed by atoms with Gasteiger partial charge in [-0.3, -0.25) is 0 Å². The summed E-state index contributed by atoms with van der Waals surface area (Å²) in [5, 5.41) is 3.39. The maximum Gasteiger partial charge on any atom is 0.101 e. The Bertz CT molecular complexity index is 319. The highest BCUT2D eigenvalue weighted by atomic mass is 16.3. The van der Waals surface area contributed by atoms with E-state index in [0.29, 0.717) is 6.04 Å². The van der Waals surface area contributed by atoms with Gasteiger partial charge in [-0.05, 0) is 26.5 Å². The first-order valence-electron chi connectivity index (χ1n) is 8.00. The fourth-order valence-corrected chi connectivity index (χ4v) is 2.61. The van der Waals surface area contributed by atoms with Gasteiger partial charge in [0.1, 0.15) is 5.76 Å². The van der Waals surface area contributed by atoms with Crippen LogP contribution < -0.4 is 5.32 Å². The monoisotopic (exact) mass is 265 g/mol. The number of furan rings is 1. The van der Waals surface area contributed by atoms with Crippen molar-refractivity contribution in [1.82, 2.24) is 5.32 Å². The molecule has 2 nitrogen and oxygen atoms in total. The van der Waals surface area contributed by atoms with Gasteiger partial charge in [-0.2, -0.15) is 0 Å². The first kappa shape index (κ1) is 16.3. The van der Waals surface area contributed by atoms with Crippen LogP contribution in [-0.4, -0.2) is 7.05 Å². The number of unbranched alkanes of at least 4 members (excludes halogenated alkanes) is 7. The summed E-state index contributed by atoms with van der Waals surface area (Å²) in [4.78, 5) is 0. The SMILES string of the molecule is CCCCCCCCCCC(NC)c1coc(C)c1. The first-order valence-corrected chi connectivity index (χ1v) is 8.00. The average Bonchev–Trinajstić information content (AvgIpc) is 2.83. The summed E-state index contributed by atoms with van der Waals surface area (Å²) < 4.78 is 5.39. The van der Waals surface area contributed by atoms with Crippen molar-refractivity contribution in [2.24, 2.45) is 0 Å². The van der Waals surface area contributed by atoms with Crippen molar-refractivity contribution in [3.05, 3.63) is 23.7 Å². The van der Waals surface area contributed by atoms with Gasteiger partial charge in [0, 0.05) is 11.6 Å². The van der Waals surface area contributed by atoms with Crippen molar-refractivity contribution in [2.45, 2.75) is 77.7 Å². The molecule has 1 rings (SSSR count). The second-order valence-electron chi connectivity index (χ2n) is 5.60. The molecule has 1 atom stereocenters. The van der Waals surface area contributed by atoms with E-state index in [0.717, 1.165) is 5.76 Å². The lowest BCUT2D eigenvalue weighted by molar-refractivity contribution is 0.483. The van der Waals surface area contributed by atoms with E-state index in [1.54, 1.807) is 0 Å². The summed E-state index contributed by atoms with van der Waals surface area (Å²) in [7, 11) is 2.04. The maximum atomic E-state index is 5.39. The highest BCUT2D eigenvalue weighted by Gasteiger charge is 2.10. The topological polar surface area (TPSA) is 25.2 Å². The van der Waals surface area contributed by atoms with E-state index >= 15 is 0 Å². The van der Waals surface area contributed by atoms with Crippen molar-refractivity contribution < 1.29 is 4.42 Å². The quantitative estimate of drug-likeness (QED) is 0.543. The van der Waals surface area contributed by atoms with Crippen LogP contribution in [0.15, 0.2) is 16.7 Å². The molecule has 0 saturated heterocycles. The lowest BCUT2D eigenvalue weighted by Crippen LogP contribution is -2.15. The highest BCUT2D eigenvalue weighted by molar-refractivity contribution is 5.16. The van der Waals surface area contributed by atoms with E-state index < -0.39 is 0 Å². The molecule has 1 unspecified atom stereocenters. The predicted octanol–water partition coefficient (Wildman–Crippen LogP) is 5.38. The van der Waals surface area contributed by atoms with Crippen molar-refractivity contribution in [2.75, 3.05) is 7.05 Å². The molecular formula is C17H31NO. The number of rotatable bonds is 11. The number of hydrogen-bond donors (Lipinski definition) is 1. The molecule has 0 saturated carbocycles. The summed E-state index contributed by atoms with van der Waals surface area (Å²) in [5.74, 6) is 1.01. The van der Waals surface area contributed by atoms with E-state index in [2.05, 4.69) is 18.3 Å². The van der Waals surface area contributed by atoms with Gasteiger partial charge < -0.3 is 9.73 Å². The van der Waals surface area contributed by atoms with Crippen LogP contribution in [-0.2, 0) is 0 Å². The third-order valence-corrected chi connectivity index (χ3v) is 3.85. The normalized spacial score (nSPS) is 12.8. The summed E-state index contributed by atoms with van der Waals surface area (Å²) in [6.07, 6.45) is 14.2. The van der Waals surface area contributed by atoms with Gasteiger partial charge in [-0.1, -0.05) is 58.3 Å². The average molecular weight is 265 g/mol. The summed E-state index contributed by atoms with van der Waals surface area (Å²) in [5.41, 5.74) is 1.29. The Balaban J connectivity index is 2.07. The van der Waals surface area contributed by atoms with E-state index in [-0.39, 0.29) is 0 Å². The van der Waals surface area contributed by atoms with Crippen LogP contribution in [0.4, 0.5) is 0 Å². The smallest absolute Gasteiger partial charge is 0.101 e. The second kappa shape index (κ2) is 10.1. The van der Waals surface area contributed by atoms with Crippen LogP contribution in [0, 0.1) is 6.92 Å². The van der Waals surface area contributed by atoms with Gasteiger partial charge in [-0.15, -0.1) is 0 Å². The molecule has 1 heterocycles. The maximum absolute atomic E-state index is 5.39. The Morgan fingerprint density at radius 3 is 2.21 bits per heavy atom. The van der Waals surface area contributed by atoms with E-state index in [9.17, 15) is 0 Å². The van der Waals surface area contributed by atoms with Crippen molar-refractivity contribution in [3.8, 4) is 0 Å². The van der Waals surface area contributed by atoms with Crippen molar-refractivity contribution in [3.63, 3.8) is 0 Å². The molecule has 0 aliphatic heterocycles. The van der Waals surface area contributed by atoms with E-state index in [4.69, 9.17) is 4.42 Å². The number of nitrogens with one attached hydrogen (secondary N) is 1. The third-order valence-electron chi connectivity index (χ3n) is 3.85. The molecule has 0 spiro atoms. The molecule has 0 amide bonds. The van der Waals surface area contributed by atoms with E-state index in [1.807, 2.05) is 20.2 Å². The molecule has 0 fully saturated rings. The van der Waals surface area contributed by atoms with Gasteiger partial charge >= 0.3 is 0 Å². The Morgan fingerprint density at radius 2 is 1.68 bits per heavy atom. The fraction of sp³-hybridized carbons (Fsp3) is 0.765. The van der Waals surface area contributed by atoms with Crippen LogP contribution in [0.3, 0.4) is 0 Å². The van der Waals surface area contributed by atoms with Crippen molar-refractivity contribution in [1.29, 1.82) is 0 Å². The van der Waals surface area contributed by atoms with Gasteiger partial charge in [-0.25, -0.2) is 0 Å². The first-order chi connectivity index (χ1) is 9.27. The summed E-state index contributed by atoms with van der Waals surface area (Å²) >= 11 is 0. The summed E-state index contributed by atoms with van der Waals surface area (Å²) in [6, 6.07) is 2.60. The zero-order chi connectivity index (χ0) is 13.9. The molecule has 0 radical (unpaired) electrons. The molecule has 2 heteroatoms. The lowest BCUT2D eigenvalue weighted by Gasteiger charge is -2.13. The van der Waals surface area contributed by atoms with Gasteiger partial charge in [0.2, 0.25) is 0 Å². The Hall–Kier alpha value is -0.760. The van der Waals surface area contributed by atoms with Crippen LogP contribution in [0.1, 0.15) is 82.1 Å². The van der Waals surface area contributed by atoms with Crippen LogP contribution in [0.25, 0.3) is 0 Å². The molecule has 1 aromatic heterocycles. The Morgan fingerprint density at radius 1 is 1.05 bits per heavy atom. The van der Waals surface area contributed by atoms with Crippen LogP contribution >= 0.6 is 0 Å². The second-order valence-corrected chi connectivity index (χ2v) is 5.60. The van der Waals surface area contributed by atoms with Gasteiger partial charge in [0.05, 0.1) is 6.26 Å². The zero-order valence-corrected chi connectivity index (χ0v) is 13.0. The van der Waals surface area contributed by atoms with Gasteiger partial charge in [0.25, 0.3) is 0 Å². The third kappa shape index (κ3) is 6.81. The molecule has 0 bridgehead atoms. The lowest BCUT2D eigenvalue weighted by atomic mass is 10.0. The molecule has 0 aromatic carbocycles. The molecule has 1 N–H and O–H groups in total. The fourth-order valence-electron chi connectivity index (χ4n) is 2.61. The minimum Gasteiger partial charge on any atom is -0.469 e. The van der Waals surface area contributed by atoms with Gasteiger partial charge in [0.15, 0.2) is 0 Å². The molecule has 19 heavy (non-hydrogen) atoms. The summed E-state index contributed by atoms with van der Waals surface area (Å²) in [6.45, 7) is 4.28. The minimum absolute atomic E-state index is 0.456. The molecule has 1 aromatic rings. The molecule has 110 valence electrons. The predicted molar refractivity (Wildman–Crippen MR) is 82.5 cm³/mol. The van der Waals surface area contributed by atoms with Crippen LogP contribution in [0.5, 0.6) is 0 Å². The minimum atomic E-state index is 0.456. The largest absolute Gasteiger partial charge is 0.469 e.